The fourth-order valence-corrected chi connectivity index (χ4v) is 3.26. The van der Waals surface area contributed by atoms with Crippen molar-refractivity contribution in [2.45, 2.75) is 19.5 Å². The van der Waals surface area contributed by atoms with E-state index in [4.69, 9.17) is 4.74 Å². The second kappa shape index (κ2) is 8.83. The van der Waals surface area contributed by atoms with Crippen molar-refractivity contribution in [1.82, 2.24) is 19.5 Å². The van der Waals surface area contributed by atoms with Gasteiger partial charge in [-0.15, -0.1) is 0 Å². The van der Waals surface area contributed by atoms with Crippen molar-refractivity contribution in [3.8, 4) is 17.0 Å². The van der Waals surface area contributed by atoms with Crippen LogP contribution in [0.5, 0.6) is 5.75 Å². The van der Waals surface area contributed by atoms with E-state index in [9.17, 15) is 14.0 Å². The molecule has 2 aromatic heterocycles. The van der Waals surface area contributed by atoms with Crippen molar-refractivity contribution in [3.63, 3.8) is 0 Å². The highest BCUT2D eigenvalue weighted by molar-refractivity contribution is 5.75. The molecule has 31 heavy (non-hydrogen) atoms. The Bertz CT molecular complexity index is 1280. The summed E-state index contributed by atoms with van der Waals surface area (Å²) in [6.07, 6.45) is 3.43. The summed E-state index contributed by atoms with van der Waals surface area (Å²) in [5.41, 5.74) is 2.36. The van der Waals surface area contributed by atoms with Gasteiger partial charge < -0.3 is 14.6 Å². The minimum absolute atomic E-state index is 0.157. The van der Waals surface area contributed by atoms with E-state index in [1.165, 1.54) is 21.2 Å². The van der Waals surface area contributed by atoms with Crippen LogP contribution in [0.3, 0.4) is 0 Å². The number of nitrogens with one attached hydrogen (secondary N) is 1. The molecule has 8 heteroatoms. The predicted molar refractivity (Wildman–Crippen MR) is 114 cm³/mol. The molecule has 2 aromatic carbocycles. The molecule has 0 saturated heterocycles. The molecule has 0 saturated carbocycles. The predicted octanol–water partition coefficient (Wildman–Crippen LogP) is 3.02. The highest BCUT2D eigenvalue weighted by Gasteiger charge is 2.10. The van der Waals surface area contributed by atoms with Crippen molar-refractivity contribution in [2.75, 3.05) is 7.11 Å². The van der Waals surface area contributed by atoms with E-state index >= 15 is 0 Å². The zero-order chi connectivity index (χ0) is 21.8. The lowest BCUT2D eigenvalue weighted by Crippen LogP contribution is -2.27. The van der Waals surface area contributed by atoms with Gasteiger partial charge in [-0.3, -0.25) is 9.59 Å². The van der Waals surface area contributed by atoms with Gasteiger partial charge in [0.15, 0.2) is 0 Å². The topological polar surface area (TPSA) is 77.6 Å². The van der Waals surface area contributed by atoms with Gasteiger partial charge in [0.05, 0.1) is 12.8 Å². The number of methoxy groups -OCH3 is 1. The largest absolute Gasteiger partial charge is 0.497 e. The van der Waals surface area contributed by atoms with Gasteiger partial charge in [0.1, 0.15) is 17.1 Å². The molecule has 0 aliphatic carbocycles. The fourth-order valence-electron chi connectivity index (χ4n) is 3.26. The van der Waals surface area contributed by atoms with Crippen molar-refractivity contribution in [1.29, 1.82) is 0 Å². The molecule has 4 rings (SSSR count). The van der Waals surface area contributed by atoms with Gasteiger partial charge >= 0.3 is 0 Å². The van der Waals surface area contributed by atoms with Gasteiger partial charge in [0, 0.05) is 37.5 Å². The van der Waals surface area contributed by atoms with Crippen LogP contribution in [-0.4, -0.2) is 27.2 Å². The first-order chi connectivity index (χ1) is 15.0. The second-order valence-electron chi connectivity index (χ2n) is 7.04. The molecule has 0 bridgehead atoms. The van der Waals surface area contributed by atoms with Crippen molar-refractivity contribution >= 4 is 11.4 Å². The summed E-state index contributed by atoms with van der Waals surface area (Å²) in [4.78, 5) is 25.0. The standard InChI is InChI=1S/C23H21FN4O3/c1-31-19-4-2-3-16(13-19)15-25-22(29)9-10-27-11-12-28-21(23(27)30)14-20(26-28)17-5-7-18(24)8-6-17/h2-8,11-14H,9-10,15H2,1H3,(H,25,29). The molecule has 1 amide bonds. The van der Waals surface area contributed by atoms with Gasteiger partial charge in [0.2, 0.25) is 5.91 Å². The molecule has 0 fully saturated rings. The maximum Gasteiger partial charge on any atom is 0.276 e. The smallest absolute Gasteiger partial charge is 0.276 e. The number of amides is 1. The Kier molecular flexibility index (Phi) is 5.79. The van der Waals surface area contributed by atoms with E-state index in [1.807, 2.05) is 24.3 Å². The molecule has 0 radical (unpaired) electrons. The number of benzene rings is 2. The summed E-state index contributed by atoms with van der Waals surface area (Å²) in [7, 11) is 1.59. The second-order valence-corrected chi connectivity index (χ2v) is 7.04. The normalized spacial score (nSPS) is 10.9. The average Bonchev–Trinajstić information content (AvgIpc) is 3.23. The Hall–Kier alpha value is -3.94. The summed E-state index contributed by atoms with van der Waals surface area (Å²) in [5, 5.41) is 7.23. The van der Waals surface area contributed by atoms with E-state index in [1.54, 1.807) is 37.7 Å². The highest BCUT2D eigenvalue weighted by atomic mass is 19.1. The Morgan fingerprint density at radius 1 is 1.13 bits per heavy atom. The van der Waals surface area contributed by atoms with Gasteiger partial charge in [-0.05, 0) is 48.0 Å². The Morgan fingerprint density at radius 2 is 1.94 bits per heavy atom. The third-order valence-corrected chi connectivity index (χ3v) is 4.95. The third-order valence-electron chi connectivity index (χ3n) is 4.95. The lowest BCUT2D eigenvalue weighted by atomic mass is 10.1. The number of aryl methyl sites for hydroxylation is 1. The fraction of sp³-hybridized carbons (Fsp3) is 0.174. The van der Waals surface area contributed by atoms with Crippen LogP contribution < -0.4 is 15.6 Å². The number of rotatable bonds is 7. The number of fused-ring (bicyclic) bond motifs is 1. The van der Waals surface area contributed by atoms with Crippen LogP contribution >= 0.6 is 0 Å². The van der Waals surface area contributed by atoms with Crippen LogP contribution in [0.1, 0.15) is 12.0 Å². The third kappa shape index (κ3) is 4.63. The van der Waals surface area contributed by atoms with Gasteiger partial charge in [-0.25, -0.2) is 8.91 Å². The summed E-state index contributed by atoms with van der Waals surface area (Å²) >= 11 is 0. The van der Waals surface area contributed by atoms with Crippen LogP contribution in [0, 0.1) is 5.82 Å². The number of halogens is 1. The average molecular weight is 420 g/mol. The Morgan fingerprint density at radius 3 is 2.71 bits per heavy atom. The molecule has 0 unspecified atom stereocenters. The Labute approximate surface area is 177 Å². The molecular formula is C23H21FN4O3. The number of carbonyl (C=O) groups is 1. The first kappa shape index (κ1) is 20.3. The number of aromatic nitrogens is 3. The SMILES string of the molecule is COc1cccc(CNC(=O)CCn2ccn3nc(-c4ccc(F)cc4)cc3c2=O)c1. The summed E-state index contributed by atoms with van der Waals surface area (Å²) < 4.78 is 21.3. The van der Waals surface area contributed by atoms with E-state index < -0.39 is 0 Å². The molecule has 7 nitrogen and oxygen atoms in total. The van der Waals surface area contributed by atoms with Crippen LogP contribution in [-0.2, 0) is 17.9 Å². The van der Waals surface area contributed by atoms with Crippen LogP contribution in [0.25, 0.3) is 16.8 Å². The lowest BCUT2D eigenvalue weighted by Gasteiger charge is -2.08. The minimum atomic E-state index is -0.334. The molecule has 0 aliphatic rings. The minimum Gasteiger partial charge on any atom is -0.497 e. The van der Waals surface area contributed by atoms with Crippen molar-refractivity contribution < 1.29 is 13.9 Å². The molecule has 4 aromatic rings. The number of carbonyl (C=O) groups excluding carboxylic acids is 1. The monoisotopic (exact) mass is 420 g/mol. The summed E-state index contributed by atoms with van der Waals surface area (Å²) in [6.45, 7) is 0.629. The number of nitrogens with zero attached hydrogens (tertiary/aromatic N) is 3. The first-order valence-electron chi connectivity index (χ1n) is 9.78. The zero-order valence-corrected chi connectivity index (χ0v) is 16.9. The summed E-state index contributed by atoms with van der Waals surface area (Å²) in [6, 6.07) is 15.0. The quantitative estimate of drug-likeness (QED) is 0.499. The van der Waals surface area contributed by atoms with Crippen LogP contribution in [0.2, 0.25) is 0 Å². The Balaban J connectivity index is 1.42. The number of hydrogen-bond acceptors (Lipinski definition) is 4. The van der Waals surface area contributed by atoms with Gasteiger partial charge in [0.25, 0.3) is 5.56 Å². The lowest BCUT2D eigenvalue weighted by molar-refractivity contribution is -0.121. The molecule has 2 heterocycles. The highest BCUT2D eigenvalue weighted by Crippen LogP contribution is 2.18. The van der Waals surface area contributed by atoms with Crippen LogP contribution in [0.15, 0.2) is 71.8 Å². The van der Waals surface area contributed by atoms with Crippen molar-refractivity contribution in [2.24, 2.45) is 0 Å². The van der Waals surface area contributed by atoms with Gasteiger partial charge in [-0.2, -0.15) is 5.10 Å². The van der Waals surface area contributed by atoms with Crippen LogP contribution in [0.4, 0.5) is 4.39 Å². The van der Waals surface area contributed by atoms with E-state index in [0.717, 1.165) is 11.3 Å². The molecule has 158 valence electrons. The number of hydrogen-bond donors (Lipinski definition) is 1. The molecule has 1 N–H and O–H groups in total. The first-order valence-corrected chi connectivity index (χ1v) is 9.78. The molecule has 0 atom stereocenters. The number of ether oxygens (including phenoxy) is 1. The maximum absolute atomic E-state index is 13.1. The summed E-state index contributed by atoms with van der Waals surface area (Å²) in [5.74, 6) is 0.238. The zero-order valence-electron chi connectivity index (χ0n) is 16.9. The maximum atomic E-state index is 13.1. The van der Waals surface area contributed by atoms with E-state index in [-0.39, 0.29) is 30.2 Å². The van der Waals surface area contributed by atoms with E-state index in [2.05, 4.69) is 10.4 Å². The van der Waals surface area contributed by atoms with Crippen molar-refractivity contribution in [3.05, 3.63) is 88.7 Å². The molecular weight excluding hydrogens is 399 g/mol. The molecule has 0 aliphatic heterocycles. The van der Waals surface area contributed by atoms with E-state index in [0.29, 0.717) is 23.3 Å². The molecule has 0 spiro atoms. The van der Waals surface area contributed by atoms with Gasteiger partial charge in [-0.1, -0.05) is 12.1 Å².